The van der Waals surface area contributed by atoms with E-state index in [1.165, 1.54) is 48.1 Å². The van der Waals surface area contributed by atoms with Gasteiger partial charge >= 0.3 is 12.1 Å². The third kappa shape index (κ3) is 5.43. The summed E-state index contributed by atoms with van der Waals surface area (Å²) in [6.45, 7) is 5.42. The van der Waals surface area contributed by atoms with Gasteiger partial charge < -0.3 is 19.9 Å². The number of amides is 4. The van der Waals surface area contributed by atoms with Gasteiger partial charge in [0.05, 0.1) is 24.5 Å². The van der Waals surface area contributed by atoms with Gasteiger partial charge in [0.15, 0.2) is 0 Å². The quantitative estimate of drug-likeness (QED) is 0.708. The van der Waals surface area contributed by atoms with Crippen molar-refractivity contribution >= 4 is 29.4 Å². The molecule has 186 valence electrons. The predicted octanol–water partition coefficient (Wildman–Crippen LogP) is 2.79. The highest BCUT2D eigenvalue weighted by atomic mass is 19.1. The van der Waals surface area contributed by atoms with E-state index in [2.05, 4.69) is 10.2 Å². The minimum atomic E-state index is -0.594. The predicted molar refractivity (Wildman–Crippen MR) is 127 cm³/mol. The fraction of sp³-hybridized carbons (Fsp3) is 0.625. The van der Waals surface area contributed by atoms with Crippen LogP contribution in [0.5, 0.6) is 0 Å². The minimum Gasteiger partial charge on any atom is -0.442 e. The van der Waals surface area contributed by atoms with Gasteiger partial charge in [-0.25, -0.2) is 14.0 Å². The topological polar surface area (TPSA) is 85.4 Å². The van der Waals surface area contributed by atoms with E-state index in [4.69, 9.17) is 4.74 Å². The average Bonchev–Trinajstić information content (AvgIpc) is 3.23. The van der Waals surface area contributed by atoms with Crippen molar-refractivity contribution in [1.82, 2.24) is 15.1 Å². The van der Waals surface area contributed by atoms with E-state index < -0.39 is 18.0 Å². The van der Waals surface area contributed by atoms with Crippen molar-refractivity contribution in [3.63, 3.8) is 0 Å². The zero-order valence-corrected chi connectivity index (χ0v) is 20.0. The van der Waals surface area contributed by atoms with Gasteiger partial charge in [-0.15, -0.1) is 0 Å². The number of anilines is 2. The van der Waals surface area contributed by atoms with Crippen molar-refractivity contribution in [2.45, 2.75) is 51.2 Å². The van der Waals surface area contributed by atoms with Crippen LogP contribution in [0.4, 0.5) is 25.4 Å². The molecule has 34 heavy (non-hydrogen) atoms. The van der Waals surface area contributed by atoms with Crippen molar-refractivity contribution in [2.75, 3.05) is 56.1 Å². The Kier molecular flexibility index (Phi) is 7.55. The molecule has 0 unspecified atom stereocenters. The Labute approximate surface area is 199 Å². The Hall–Kier alpha value is -2.88. The van der Waals surface area contributed by atoms with E-state index in [9.17, 15) is 14.4 Å². The molecular formula is C24H34FN5O4. The SMILES string of the molecule is CC(=O)NC[C@H]1CN(c2ccc(N(C)C(=O)N3CCC(N4CCCCC4)CC3)c(F)c2)C(=O)O1. The van der Waals surface area contributed by atoms with Crippen LogP contribution < -0.4 is 15.1 Å². The van der Waals surface area contributed by atoms with Crippen LogP contribution in [-0.2, 0) is 9.53 Å². The Balaban J connectivity index is 1.34. The van der Waals surface area contributed by atoms with Gasteiger partial charge in [-0.3, -0.25) is 14.6 Å². The fourth-order valence-corrected chi connectivity index (χ4v) is 5.05. The normalized spacial score (nSPS) is 22.0. The van der Waals surface area contributed by atoms with Crippen LogP contribution in [0.1, 0.15) is 39.0 Å². The van der Waals surface area contributed by atoms with E-state index in [1.54, 1.807) is 18.0 Å². The zero-order valence-electron chi connectivity index (χ0n) is 20.0. The van der Waals surface area contributed by atoms with Crippen molar-refractivity contribution in [1.29, 1.82) is 0 Å². The summed E-state index contributed by atoms with van der Waals surface area (Å²) in [7, 11) is 1.57. The minimum absolute atomic E-state index is 0.161. The first kappa shape index (κ1) is 24.3. The van der Waals surface area contributed by atoms with Gasteiger partial charge in [-0.2, -0.15) is 0 Å². The molecule has 0 saturated carbocycles. The second-order valence-electron chi connectivity index (χ2n) is 9.35. The van der Waals surface area contributed by atoms with E-state index in [0.29, 0.717) is 24.8 Å². The third-order valence-corrected chi connectivity index (χ3v) is 6.99. The molecule has 0 radical (unpaired) electrons. The molecule has 1 N–H and O–H groups in total. The number of nitrogens with one attached hydrogen (secondary N) is 1. The highest BCUT2D eigenvalue weighted by Crippen LogP contribution is 2.29. The van der Waals surface area contributed by atoms with Crippen LogP contribution in [0.3, 0.4) is 0 Å². The molecule has 3 aliphatic rings. The molecule has 1 aromatic carbocycles. The number of rotatable bonds is 5. The summed E-state index contributed by atoms with van der Waals surface area (Å²) in [6.07, 6.45) is 4.60. The summed E-state index contributed by atoms with van der Waals surface area (Å²) in [5.74, 6) is -0.803. The molecule has 1 aromatic rings. The molecule has 10 heteroatoms. The zero-order chi connectivity index (χ0) is 24.2. The summed E-state index contributed by atoms with van der Waals surface area (Å²) in [5, 5.41) is 2.61. The van der Waals surface area contributed by atoms with Crippen LogP contribution in [-0.4, -0.2) is 86.3 Å². The summed E-state index contributed by atoms with van der Waals surface area (Å²) in [6, 6.07) is 4.66. The van der Waals surface area contributed by atoms with E-state index in [-0.39, 0.29) is 30.7 Å². The second kappa shape index (κ2) is 10.6. The number of halogens is 1. The lowest BCUT2D eigenvalue weighted by atomic mass is 10.00. The van der Waals surface area contributed by atoms with Gasteiger partial charge in [0.25, 0.3) is 0 Å². The number of ether oxygens (including phenoxy) is 1. The van der Waals surface area contributed by atoms with E-state index in [0.717, 1.165) is 25.9 Å². The van der Waals surface area contributed by atoms with Gasteiger partial charge in [0.2, 0.25) is 5.91 Å². The first-order valence-electron chi connectivity index (χ1n) is 12.1. The maximum absolute atomic E-state index is 15.0. The number of nitrogens with zero attached hydrogens (tertiary/aromatic N) is 4. The van der Waals surface area contributed by atoms with E-state index in [1.807, 2.05) is 0 Å². The van der Waals surface area contributed by atoms with Gasteiger partial charge in [0.1, 0.15) is 11.9 Å². The molecule has 0 bridgehead atoms. The van der Waals surface area contributed by atoms with Crippen molar-refractivity contribution in [2.24, 2.45) is 0 Å². The Morgan fingerprint density at radius 1 is 1.15 bits per heavy atom. The fourth-order valence-electron chi connectivity index (χ4n) is 5.05. The van der Waals surface area contributed by atoms with Crippen LogP contribution in [0, 0.1) is 5.82 Å². The van der Waals surface area contributed by atoms with E-state index >= 15 is 4.39 Å². The van der Waals surface area contributed by atoms with Gasteiger partial charge in [-0.05, 0) is 57.0 Å². The van der Waals surface area contributed by atoms with Gasteiger partial charge in [0, 0.05) is 33.1 Å². The number of benzene rings is 1. The molecule has 1 atom stereocenters. The lowest BCUT2D eigenvalue weighted by molar-refractivity contribution is -0.119. The third-order valence-electron chi connectivity index (χ3n) is 6.99. The van der Waals surface area contributed by atoms with Crippen LogP contribution in [0.15, 0.2) is 18.2 Å². The summed E-state index contributed by atoms with van der Waals surface area (Å²) in [4.78, 5) is 43.3. The van der Waals surface area contributed by atoms with Crippen LogP contribution in [0.25, 0.3) is 0 Å². The smallest absolute Gasteiger partial charge is 0.414 e. The van der Waals surface area contributed by atoms with Crippen molar-refractivity contribution in [3.05, 3.63) is 24.0 Å². The lowest BCUT2D eigenvalue weighted by Gasteiger charge is -2.41. The standard InChI is InChI=1S/C24H34FN5O4/c1-17(31)26-15-20-16-30(24(33)34-20)19-6-7-22(21(25)14-19)27(2)23(32)29-12-8-18(9-13-29)28-10-4-3-5-11-28/h6-7,14,18,20H,3-5,8-13,15-16H2,1-2H3,(H,26,31)/t20-/m0/s1. The monoisotopic (exact) mass is 475 g/mol. The summed E-state index contributed by atoms with van der Waals surface area (Å²) >= 11 is 0. The Bertz CT molecular complexity index is 915. The maximum Gasteiger partial charge on any atom is 0.414 e. The average molecular weight is 476 g/mol. The van der Waals surface area contributed by atoms with Gasteiger partial charge in [-0.1, -0.05) is 6.42 Å². The van der Waals surface area contributed by atoms with Crippen LogP contribution in [0.2, 0.25) is 0 Å². The van der Waals surface area contributed by atoms with Crippen molar-refractivity contribution < 1.29 is 23.5 Å². The number of carbonyl (C=O) groups is 3. The summed E-state index contributed by atoms with van der Waals surface area (Å²) < 4.78 is 20.3. The molecule has 3 aliphatic heterocycles. The number of hydrogen-bond acceptors (Lipinski definition) is 5. The van der Waals surface area contributed by atoms with Crippen LogP contribution >= 0.6 is 0 Å². The summed E-state index contributed by atoms with van der Waals surface area (Å²) in [5.41, 5.74) is 0.508. The number of hydrogen-bond donors (Lipinski definition) is 1. The Morgan fingerprint density at radius 2 is 1.85 bits per heavy atom. The largest absolute Gasteiger partial charge is 0.442 e. The molecular weight excluding hydrogens is 441 g/mol. The second-order valence-corrected chi connectivity index (χ2v) is 9.35. The molecule has 3 fully saturated rings. The first-order valence-corrected chi connectivity index (χ1v) is 12.1. The molecule has 0 aromatic heterocycles. The number of piperidine rings is 2. The number of cyclic esters (lactones) is 1. The highest BCUT2D eigenvalue weighted by molar-refractivity contribution is 5.93. The number of carbonyl (C=O) groups excluding carboxylic acids is 3. The molecule has 0 spiro atoms. The first-order chi connectivity index (χ1) is 16.3. The molecule has 4 amide bonds. The molecule has 0 aliphatic carbocycles. The lowest BCUT2D eigenvalue weighted by Crippen LogP contribution is -2.51. The number of likely N-dealkylation sites (tertiary alicyclic amines) is 2. The molecule has 3 heterocycles. The Morgan fingerprint density at radius 3 is 2.50 bits per heavy atom. The maximum atomic E-state index is 15.0. The van der Waals surface area contributed by atoms with Crippen molar-refractivity contribution in [3.8, 4) is 0 Å². The number of urea groups is 1. The molecule has 9 nitrogen and oxygen atoms in total. The molecule has 3 saturated heterocycles. The molecule has 4 rings (SSSR count). The highest BCUT2D eigenvalue weighted by Gasteiger charge is 2.34.